The highest BCUT2D eigenvalue weighted by Gasteiger charge is 1.97. The number of anilines is 1. The van der Waals surface area contributed by atoms with Gasteiger partial charge in [-0.25, -0.2) is 0 Å². The fourth-order valence-corrected chi connectivity index (χ4v) is 1.73. The van der Waals surface area contributed by atoms with Crippen LogP contribution >= 0.6 is 0 Å². The maximum Gasteiger partial charge on any atom is 0.117 e. The van der Waals surface area contributed by atoms with Crippen LogP contribution in [0.5, 0.6) is 5.75 Å². The smallest absolute Gasteiger partial charge is 0.117 e. The zero-order valence-corrected chi connectivity index (χ0v) is 10.2. The summed E-state index contributed by atoms with van der Waals surface area (Å²) in [5.74, 6) is 0.287. The van der Waals surface area contributed by atoms with E-state index in [9.17, 15) is 5.11 Å². The van der Waals surface area contributed by atoms with Gasteiger partial charge in [-0.2, -0.15) is 0 Å². The molecule has 0 heterocycles. The van der Waals surface area contributed by atoms with E-state index in [4.69, 9.17) is 0 Å². The summed E-state index contributed by atoms with van der Waals surface area (Å²) in [6.07, 6.45) is 0. The first-order valence-corrected chi connectivity index (χ1v) is 5.74. The van der Waals surface area contributed by atoms with Crippen LogP contribution in [0.4, 0.5) is 5.69 Å². The Morgan fingerprint density at radius 1 is 1.00 bits per heavy atom. The predicted molar refractivity (Wildman–Crippen MR) is 71.3 cm³/mol. The van der Waals surface area contributed by atoms with Crippen LogP contribution in [0.3, 0.4) is 0 Å². The first kappa shape index (κ1) is 11.5. The molecule has 0 unspecified atom stereocenters. The van der Waals surface area contributed by atoms with Crippen LogP contribution in [0.25, 0.3) is 0 Å². The zero-order valence-electron chi connectivity index (χ0n) is 10.2. The van der Waals surface area contributed by atoms with Gasteiger partial charge in [0, 0.05) is 18.3 Å². The summed E-state index contributed by atoms with van der Waals surface area (Å²) in [6.45, 7) is 5.00. The van der Waals surface area contributed by atoms with Gasteiger partial charge in [-0.15, -0.1) is 0 Å². The molecular formula is C15H17NO. The van der Waals surface area contributed by atoms with Crippen LogP contribution in [0.1, 0.15) is 16.7 Å². The van der Waals surface area contributed by atoms with Crippen LogP contribution in [-0.2, 0) is 6.54 Å². The second-order valence-corrected chi connectivity index (χ2v) is 4.32. The highest BCUT2D eigenvalue weighted by atomic mass is 16.3. The SMILES string of the molecule is Cc1ccc(CNc2cccc(O)c2)cc1C. The highest BCUT2D eigenvalue weighted by molar-refractivity contribution is 5.48. The largest absolute Gasteiger partial charge is 0.508 e. The molecule has 88 valence electrons. The fraction of sp³-hybridized carbons (Fsp3) is 0.200. The highest BCUT2D eigenvalue weighted by Crippen LogP contribution is 2.17. The van der Waals surface area contributed by atoms with Gasteiger partial charge in [0.05, 0.1) is 0 Å². The molecule has 0 fully saturated rings. The number of hydrogen-bond acceptors (Lipinski definition) is 2. The molecule has 0 atom stereocenters. The summed E-state index contributed by atoms with van der Waals surface area (Å²) >= 11 is 0. The summed E-state index contributed by atoms with van der Waals surface area (Å²) in [6, 6.07) is 13.6. The van der Waals surface area contributed by atoms with Crippen molar-refractivity contribution in [3.8, 4) is 5.75 Å². The number of phenols is 1. The van der Waals surface area contributed by atoms with Crippen LogP contribution in [-0.4, -0.2) is 5.11 Å². The third-order valence-corrected chi connectivity index (χ3v) is 2.91. The molecule has 0 aliphatic rings. The zero-order chi connectivity index (χ0) is 12.3. The molecule has 17 heavy (non-hydrogen) atoms. The average molecular weight is 227 g/mol. The maximum absolute atomic E-state index is 9.35. The first-order chi connectivity index (χ1) is 8.15. The standard InChI is InChI=1S/C15H17NO/c1-11-6-7-13(8-12(11)2)10-16-14-4-3-5-15(17)9-14/h3-9,16-17H,10H2,1-2H3. The fourth-order valence-electron chi connectivity index (χ4n) is 1.73. The molecule has 2 N–H and O–H groups in total. The summed E-state index contributed by atoms with van der Waals surface area (Å²) in [7, 11) is 0. The van der Waals surface area contributed by atoms with E-state index < -0.39 is 0 Å². The Bertz CT molecular complexity index is 520. The van der Waals surface area contributed by atoms with Gasteiger partial charge in [0.25, 0.3) is 0 Å². The topological polar surface area (TPSA) is 32.3 Å². The number of nitrogens with one attached hydrogen (secondary N) is 1. The van der Waals surface area contributed by atoms with Gasteiger partial charge in [0.1, 0.15) is 5.75 Å². The number of hydrogen-bond donors (Lipinski definition) is 2. The summed E-state index contributed by atoms with van der Waals surface area (Å²) < 4.78 is 0. The molecule has 0 amide bonds. The molecule has 2 rings (SSSR count). The number of benzene rings is 2. The molecule has 0 radical (unpaired) electrons. The second-order valence-electron chi connectivity index (χ2n) is 4.32. The van der Waals surface area contributed by atoms with Gasteiger partial charge >= 0.3 is 0 Å². The lowest BCUT2D eigenvalue weighted by Crippen LogP contribution is -1.99. The molecule has 0 saturated carbocycles. The summed E-state index contributed by atoms with van der Waals surface area (Å²) in [4.78, 5) is 0. The third-order valence-electron chi connectivity index (χ3n) is 2.91. The van der Waals surface area contributed by atoms with Gasteiger partial charge in [-0.1, -0.05) is 24.3 Å². The number of aryl methyl sites for hydroxylation is 2. The summed E-state index contributed by atoms with van der Waals surface area (Å²) in [5.41, 5.74) is 4.80. The van der Waals surface area contributed by atoms with Crippen molar-refractivity contribution in [2.75, 3.05) is 5.32 Å². The Hall–Kier alpha value is -1.96. The van der Waals surface area contributed by atoms with E-state index in [-0.39, 0.29) is 5.75 Å². The molecule has 0 aromatic heterocycles. The minimum atomic E-state index is 0.287. The third kappa shape index (κ3) is 3.00. The average Bonchev–Trinajstić information content (AvgIpc) is 2.31. The van der Waals surface area contributed by atoms with Crippen molar-refractivity contribution in [3.05, 3.63) is 59.2 Å². The quantitative estimate of drug-likeness (QED) is 0.839. The molecule has 2 aromatic rings. The molecule has 2 nitrogen and oxygen atoms in total. The molecule has 0 aliphatic heterocycles. The maximum atomic E-state index is 9.35. The lowest BCUT2D eigenvalue weighted by atomic mass is 10.1. The van der Waals surface area contributed by atoms with Crippen LogP contribution in [0.2, 0.25) is 0 Å². The predicted octanol–water partition coefficient (Wildman–Crippen LogP) is 3.62. The minimum absolute atomic E-state index is 0.287. The van der Waals surface area contributed by atoms with E-state index in [1.54, 1.807) is 12.1 Å². The van der Waals surface area contributed by atoms with E-state index >= 15 is 0 Å². The Labute approximate surface area is 102 Å². The lowest BCUT2D eigenvalue weighted by molar-refractivity contribution is 0.475. The Morgan fingerprint density at radius 2 is 1.82 bits per heavy atom. The van der Waals surface area contributed by atoms with Gasteiger partial charge in [-0.3, -0.25) is 0 Å². The van der Waals surface area contributed by atoms with Crippen molar-refractivity contribution in [2.45, 2.75) is 20.4 Å². The van der Waals surface area contributed by atoms with E-state index in [0.717, 1.165) is 12.2 Å². The van der Waals surface area contributed by atoms with Crippen molar-refractivity contribution < 1.29 is 5.11 Å². The van der Waals surface area contributed by atoms with Crippen LogP contribution < -0.4 is 5.32 Å². The van der Waals surface area contributed by atoms with Crippen molar-refractivity contribution >= 4 is 5.69 Å². The lowest BCUT2D eigenvalue weighted by Gasteiger charge is -2.08. The number of phenolic OH excluding ortho intramolecular Hbond substituents is 1. The van der Waals surface area contributed by atoms with Crippen molar-refractivity contribution in [3.63, 3.8) is 0 Å². The number of rotatable bonds is 3. The Kier molecular flexibility index (Phi) is 3.33. The van der Waals surface area contributed by atoms with E-state index in [1.807, 2.05) is 12.1 Å². The Morgan fingerprint density at radius 3 is 2.53 bits per heavy atom. The van der Waals surface area contributed by atoms with E-state index in [2.05, 4.69) is 37.4 Å². The van der Waals surface area contributed by atoms with Crippen LogP contribution in [0.15, 0.2) is 42.5 Å². The van der Waals surface area contributed by atoms with E-state index in [0.29, 0.717) is 0 Å². The molecule has 2 heteroatoms. The Balaban J connectivity index is 2.05. The monoisotopic (exact) mass is 227 g/mol. The number of aromatic hydroxyl groups is 1. The van der Waals surface area contributed by atoms with Gasteiger partial charge in [0.15, 0.2) is 0 Å². The molecular weight excluding hydrogens is 210 g/mol. The van der Waals surface area contributed by atoms with Gasteiger partial charge in [-0.05, 0) is 42.7 Å². The van der Waals surface area contributed by atoms with Crippen molar-refractivity contribution in [1.82, 2.24) is 0 Å². The molecule has 0 saturated heterocycles. The minimum Gasteiger partial charge on any atom is -0.508 e. The van der Waals surface area contributed by atoms with Crippen molar-refractivity contribution in [1.29, 1.82) is 0 Å². The van der Waals surface area contributed by atoms with Crippen molar-refractivity contribution in [2.24, 2.45) is 0 Å². The molecule has 0 bridgehead atoms. The molecule has 2 aromatic carbocycles. The first-order valence-electron chi connectivity index (χ1n) is 5.74. The second kappa shape index (κ2) is 4.91. The normalized spacial score (nSPS) is 10.2. The van der Waals surface area contributed by atoms with Crippen LogP contribution in [0, 0.1) is 13.8 Å². The molecule has 0 spiro atoms. The van der Waals surface area contributed by atoms with E-state index in [1.165, 1.54) is 16.7 Å². The van der Waals surface area contributed by atoms with Gasteiger partial charge in [0.2, 0.25) is 0 Å². The van der Waals surface area contributed by atoms with Gasteiger partial charge < -0.3 is 10.4 Å². The molecule has 0 aliphatic carbocycles. The summed E-state index contributed by atoms with van der Waals surface area (Å²) in [5, 5.41) is 12.6.